The normalized spacial score (nSPS) is 12.0. The molecular formula is C10H13IO. The maximum absolute atomic E-state index is 4.98. The Morgan fingerprint density at radius 2 is 2.50 bits per heavy atom. The predicted octanol–water partition coefficient (Wildman–Crippen LogP) is 3.94. The zero-order valence-electron chi connectivity index (χ0n) is 7.22. The molecule has 0 aliphatic heterocycles. The SMILES string of the molecule is C/C(=C\I)CCCc1ccoc1. The van der Waals surface area contributed by atoms with E-state index in [0.717, 1.165) is 6.42 Å². The van der Waals surface area contributed by atoms with Crippen LogP contribution < -0.4 is 0 Å². The van der Waals surface area contributed by atoms with Crippen molar-refractivity contribution in [2.45, 2.75) is 26.2 Å². The average molecular weight is 276 g/mol. The van der Waals surface area contributed by atoms with Crippen molar-refractivity contribution in [2.75, 3.05) is 0 Å². The fourth-order valence-corrected chi connectivity index (χ4v) is 1.37. The van der Waals surface area contributed by atoms with Gasteiger partial charge >= 0.3 is 0 Å². The summed E-state index contributed by atoms with van der Waals surface area (Å²) in [7, 11) is 0. The molecule has 0 unspecified atom stereocenters. The van der Waals surface area contributed by atoms with E-state index in [1.165, 1.54) is 24.0 Å². The van der Waals surface area contributed by atoms with Crippen LogP contribution in [0.4, 0.5) is 0 Å². The summed E-state index contributed by atoms with van der Waals surface area (Å²) >= 11 is 2.29. The van der Waals surface area contributed by atoms with Gasteiger partial charge in [0.05, 0.1) is 12.5 Å². The predicted molar refractivity (Wildman–Crippen MR) is 59.4 cm³/mol. The Kier molecular flexibility index (Phi) is 4.43. The van der Waals surface area contributed by atoms with Crippen LogP contribution in [0.2, 0.25) is 0 Å². The number of furan rings is 1. The second-order valence-electron chi connectivity index (χ2n) is 2.94. The largest absolute Gasteiger partial charge is 0.472 e. The maximum atomic E-state index is 4.98. The molecule has 66 valence electrons. The van der Waals surface area contributed by atoms with E-state index < -0.39 is 0 Å². The third-order valence-corrected chi connectivity index (χ3v) is 2.87. The Labute approximate surface area is 87.0 Å². The lowest BCUT2D eigenvalue weighted by Gasteiger charge is -1.97. The van der Waals surface area contributed by atoms with E-state index in [2.05, 4.69) is 33.6 Å². The third kappa shape index (κ3) is 3.43. The van der Waals surface area contributed by atoms with Crippen molar-refractivity contribution in [3.63, 3.8) is 0 Å². The highest BCUT2D eigenvalue weighted by molar-refractivity contribution is 14.1. The van der Waals surface area contributed by atoms with Gasteiger partial charge in [-0.2, -0.15) is 0 Å². The molecule has 1 aromatic rings. The lowest BCUT2D eigenvalue weighted by molar-refractivity contribution is 0.563. The van der Waals surface area contributed by atoms with E-state index in [9.17, 15) is 0 Å². The van der Waals surface area contributed by atoms with E-state index in [1.807, 2.05) is 12.3 Å². The van der Waals surface area contributed by atoms with Gasteiger partial charge in [0.15, 0.2) is 0 Å². The highest BCUT2D eigenvalue weighted by atomic mass is 127. The average Bonchev–Trinajstić information content (AvgIpc) is 2.57. The van der Waals surface area contributed by atoms with Crippen LogP contribution in [-0.2, 0) is 6.42 Å². The summed E-state index contributed by atoms with van der Waals surface area (Å²) in [5, 5.41) is 0. The van der Waals surface area contributed by atoms with Crippen LogP contribution in [0.15, 0.2) is 32.7 Å². The van der Waals surface area contributed by atoms with Crippen molar-refractivity contribution in [3.8, 4) is 0 Å². The second kappa shape index (κ2) is 5.41. The zero-order chi connectivity index (χ0) is 8.81. The van der Waals surface area contributed by atoms with Crippen LogP contribution in [0.3, 0.4) is 0 Å². The van der Waals surface area contributed by atoms with Gasteiger partial charge in [0, 0.05) is 0 Å². The molecule has 12 heavy (non-hydrogen) atoms. The van der Waals surface area contributed by atoms with Crippen LogP contribution in [0.25, 0.3) is 0 Å². The first-order valence-electron chi connectivity index (χ1n) is 4.10. The topological polar surface area (TPSA) is 13.1 Å². The lowest BCUT2D eigenvalue weighted by atomic mass is 10.1. The minimum Gasteiger partial charge on any atom is -0.472 e. The van der Waals surface area contributed by atoms with E-state index in [4.69, 9.17) is 4.42 Å². The molecule has 1 aromatic heterocycles. The summed E-state index contributed by atoms with van der Waals surface area (Å²) in [5.41, 5.74) is 2.76. The van der Waals surface area contributed by atoms with Crippen LogP contribution in [0.1, 0.15) is 25.3 Å². The lowest BCUT2D eigenvalue weighted by Crippen LogP contribution is -1.82. The van der Waals surface area contributed by atoms with Gasteiger partial charge in [-0.1, -0.05) is 28.2 Å². The molecule has 0 saturated heterocycles. The Morgan fingerprint density at radius 1 is 1.67 bits per heavy atom. The molecule has 1 heterocycles. The van der Waals surface area contributed by atoms with Crippen molar-refractivity contribution < 1.29 is 4.42 Å². The van der Waals surface area contributed by atoms with Gasteiger partial charge in [-0.3, -0.25) is 0 Å². The summed E-state index contributed by atoms with van der Waals surface area (Å²) < 4.78 is 7.13. The summed E-state index contributed by atoms with van der Waals surface area (Å²) in [5.74, 6) is 0. The number of hydrogen-bond donors (Lipinski definition) is 0. The van der Waals surface area contributed by atoms with E-state index in [0.29, 0.717) is 0 Å². The van der Waals surface area contributed by atoms with Gasteiger partial charge in [0.2, 0.25) is 0 Å². The minimum atomic E-state index is 1.12. The molecule has 0 bridgehead atoms. The summed E-state index contributed by atoms with van der Waals surface area (Å²) in [6.45, 7) is 2.17. The summed E-state index contributed by atoms with van der Waals surface area (Å²) in [6, 6.07) is 2.03. The standard InChI is InChI=1S/C10H13IO/c1-9(7-11)3-2-4-10-5-6-12-8-10/h5-8H,2-4H2,1H3/b9-7+. The molecular weight excluding hydrogens is 263 g/mol. The molecule has 0 spiro atoms. The van der Waals surface area contributed by atoms with E-state index >= 15 is 0 Å². The highest BCUT2D eigenvalue weighted by Gasteiger charge is 1.94. The Morgan fingerprint density at radius 3 is 3.08 bits per heavy atom. The second-order valence-corrected chi connectivity index (χ2v) is 3.56. The zero-order valence-corrected chi connectivity index (χ0v) is 9.37. The number of halogens is 1. The number of allylic oxidation sites excluding steroid dienone is 1. The summed E-state index contributed by atoms with van der Waals surface area (Å²) in [4.78, 5) is 0. The monoisotopic (exact) mass is 276 g/mol. The minimum absolute atomic E-state index is 1.12. The molecule has 2 heteroatoms. The fraction of sp³-hybridized carbons (Fsp3) is 0.400. The molecule has 0 aromatic carbocycles. The third-order valence-electron chi connectivity index (χ3n) is 1.80. The van der Waals surface area contributed by atoms with Crippen molar-refractivity contribution in [2.24, 2.45) is 0 Å². The Bertz CT molecular complexity index is 236. The van der Waals surface area contributed by atoms with Crippen molar-refractivity contribution >= 4 is 22.6 Å². The first-order chi connectivity index (χ1) is 5.83. The Hall–Kier alpha value is -0.250. The molecule has 1 nitrogen and oxygen atoms in total. The maximum Gasteiger partial charge on any atom is 0.0934 e. The highest BCUT2D eigenvalue weighted by Crippen LogP contribution is 2.11. The molecule has 0 amide bonds. The van der Waals surface area contributed by atoms with E-state index in [1.54, 1.807) is 6.26 Å². The molecule has 0 atom stereocenters. The number of rotatable bonds is 4. The van der Waals surface area contributed by atoms with Gasteiger partial charge in [-0.15, -0.1) is 0 Å². The number of aryl methyl sites for hydroxylation is 1. The molecule has 0 fully saturated rings. The van der Waals surface area contributed by atoms with E-state index in [-0.39, 0.29) is 0 Å². The van der Waals surface area contributed by atoms with Crippen molar-refractivity contribution in [1.82, 2.24) is 0 Å². The molecule has 0 saturated carbocycles. The van der Waals surface area contributed by atoms with Crippen LogP contribution >= 0.6 is 22.6 Å². The molecule has 0 aliphatic carbocycles. The van der Waals surface area contributed by atoms with Gasteiger partial charge in [-0.05, 0) is 41.9 Å². The van der Waals surface area contributed by atoms with Crippen molar-refractivity contribution in [3.05, 3.63) is 33.8 Å². The van der Waals surface area contributed by atoms with Crippen LogP contribution in [0, 0.1) is 0 Å². The molecule has 0 radical (unpaired) electrons. The molecule has 1 rings (SSSR count). The van der Waals surface area contributed by atoms with Crippen LogP contribution in [-0.4, -0.2) is 0 Å². The first-order valence-corrected chi connectivity index (χ1v) is 5.34. The summed E-state index contributed by atoms with van der Waals surface area (Å²) in [6.07, 6.45) is 7.08. The molecule has 0 N–H and O–H groups in total. The number of hydrogen-bond acceptors (Lipinski definition) is 1. The van der Waals surface area contributed by atoms with Gasteiger partial charge in [0.25, 0.3) is 0 Å². The van der Waals surface area contributed by atoms with Crippen LogP contribution in [0.5, 0.6) is 0 Å². The molecule has 0 aliphatic rings. The van der Waals surface area contributed by atoms with Gasteiger partial charge in [-0.25, -0.2) is 0 Å². The van der Waals surface area contributed by atoms with Gasteiger partial charge < -0.3 is 4.42 Å². The fourth-order valence-electron chi connectivity index (χ4n) is 1.06. The first kappa shape index (κ1) is 9.84. The van der Waals surface area contributed by atoms with Crippen molar-refractivity contribution in [1.29, 1.82) is 0 Å². The quantitative estimate of drug-likeness (QED) is 0.759. The van der Waals surface area contributed by atoms with Gasteiger partial charge in [0.1, 0.15) is 0 Å². The smallest absolute Gasteiger partial charge is 0.0934 e. The Balaban J connectivity index is 2.19.